The summed E-state index contributed by atoms with van der Waals surface area (Å²) >= 11 is 0. The highest BCUT2D eigenvalue weighted by atomic mass is 16.5. The van der Waals surface area contributed by atoms with Crippen molar-refractivity contribution in [3.05, 3.63) is 0 Å². The number of rotatable bonds is 4. The topological polar surface area (TPSA) is 63.6 Å². The second-order valence-corrected chi connectivity index (χ2v) is 4.70. The maximum Gasteiger partial charge on any atom is 0.320 e. The first kappa shape index (κ1) is 13.0. The number of hydrogen-bond donors (Lipinski definition) is 1. The van der Waals surface area contributed by atoms with Crippen LogP contribution in [0.5, 0.6) is 0 Å². The van der Waals surface area contributed by atoms with E-state index in [0.29, 0.717) is 0 Å². The fraction of sp³-hybridized carbons (Fsp3) is 0.833. The zero-order valence-electron chi connectivity index (χ0n) is 9.94. The summed E-state index contributed by atoms with van der Waals surface area (Å²) in [6.45, 7) is 3.47. The molecule has 1 saturated carbocycles. The Morgan fingerprint density at radius 3 is 2.19 bits per heavy atom. The van der Waals surface area contributed by atoms with E-state index in [2.05, 4.69) is 0 Å². The van der Waals surface area contributed by atoms with Gasteiger partial charge in [0.25, 0.3) is 0 Å². The molecule has 1 aliphatic carbocycles. The van der Waals surface area contributed by atoms with Crippen molar-refractivity contribution in [3.63, 3.8) is 0 Å². The molecular weight excluding hydrogens is 208 g/mol. The summed E-state index contributed by atoms with van der Waals surface area (Å²) in [6.07, 6.45) is 4.57. The zero-order valence-corrected chi connectivity index (χ0v) is 9.94. The number of carbonyl (C=O) groups excluding carboxylic acids is 1. The Morgan fingerprint density at radius 2 is 1.75 bits per heavy atom. The van der Waals surface area contributed by atoms with Gasteiger partial charge in [0.1, 0.15) is 0 Å². The van der Waals surface area contributed by atoms with Crippen molar-refractivity contribution in [2.24, 2.45) is 11.8 Å². The minimum Gasteiger partial charge on any atom is -0.481 e. The molecule has 1 atom stereocenters. The van der Waals surface area contributed by atoms with E-state index >= 15 is 0 Å². The number of aliphatic carboxylic acids is 1. The quantitative estimate of drug-likeness (QED) is 0.592. The maximum absolute atomic E-state index is 11.7. The average molecular weight is 228 g/mol. The Bertz CT molecular complexity index is 254. The number of carbonyl (C=O) groups is 2. The molecule has 4 nitrogen and oxygen atoms in total. The Hall–Kier alpha value is -1.06. The largest absolute Gasteiger partial charge is 0.481 e. The highest BCUT2D eigenvalue weighted by Gasteiger charge is 2.36. The second-order valence-electron chi connectivity index (χ2n) is 4.70. The van der Waals surface area contributed by atoms with E-state index in [9.17, 15) is 9.59 Å². The Kier molecular flexibility index (Phi) is 4.77. The van der Waals surface area contributed by atoms with Gasteiger partial charge in [0.15, 0.2) is 5.92 Å². The molecule has 0 heterocycles. The fourth-order valence-electron chi connectivity index (χ4n) is 2.27. The van der Waals surface area contributed by atoms with Gasteiger partial charge in [-0.2, -0.15) is 0 Å². The summed E-state index contributed by atoms with van der Waals surface area (Å²) in [5, 5.41) is 9.11. The van der Waals surface area contributed by atoms with Crippen LogP contribution < -0.4 is 0 Å². The number of esters is 1. The van der Waals surface area contributed by atoms with Crippen LogP contribution in [0.3, 0.4) is 0 Å². The molecule has 0 bridgehead atoms. The van der Waals surface area contributed by atoms with Crippen molar-refractivity contribution in [3.8, 4) is 0 Å². The van der Waals surface area contributed by atoms with Gasteiger partial charge in [0.05, 0.1) is 6.10 Å². The summed E-state index contributed by atoms with van der Waals surface area (Å²) in [4.78, 5) is 22.8. The lowest BCUT2D eigenvalue weighted by Crippen LogP contribution is -2.35. The highest BCUT2D eigenvalue weighted by Crippen LogP contribution is 2.31. The van der Waals surface area contributed by atoms with Crippen LogP contribution >= 0.6 is 0 Å². The highest BCUT2D eigenvalue weighted by molar-refractivity contribution is 5.94. The van der Waals surface area contributed by atoms with E-state index < -0.39 is 17.9 Å². The molecule has 0 aromatic rings. The molecule has 0 saturated heterocycles. The van der Waals surface area contributed by atoms with Crippen molar-refractivity contribution < 1.29 is 19.4 Å². The molecule has 1 rings (SSSR count). The SMILES string of the molecule is CC(C)OC(=O)C(C(=O)O)C1CCCCC1. The van der Waals surface area contributed by atoms with Crippen LogP contribution in [0, 0.1) is 11.8 Å². The van der Waals surface area contributed by atoms with Gasteiger partial charge in [-0.3, -0.25) is 9.59 Å². The van der Waals surface area contributed by atoms with Gasteiger partial charge in [-0.1, -0.05) is 19.3 Å². The first-order valence-corrected chi connectivity index (χ1v) is 5.95. The summed E-state index contributed by atoms with van der Waals surface area (Å²) in [5.41, 5.74) is 0. The zero-order chi connectivity index (χ0) is 12.1. The summed E-state index contributed by atoms with van der Waals surface area (Å²) in [7, 11) is 0. The lowest BCUT2D eigenvalue weighted by molar-refractivity contribution is -0.164. The monoisotopic (exact) mass is 228 g/mol. The van der Waals surface area contributed by atoms with Crippen molar-refractivity contribution in [1.82, 2.24) is 0 Å². The first-order chi connectivity index (χ1) is 7.52. The van der Waals surface area contributed by atoms with Crippen molar-refractivity contribution in [1.29, 1.82) is 0 Å². The summed E-state index contributed by atoms with van der Waals surface area (Å²) < 4.78 is 5.01. The van der Waals surface area contributed by atoms with Crippen LogP contribution in [0.1, 0.15) is 46.0 Å². The number of hydrogen-bond acceptors (Lipinski definition) is 3. The van der Waals surface area contributed by atoms with Gasteiger partial charge < -0.3 is 9.84 Å². The minimum absolute atomic E-state index is 0.0440. The predicted octanol–water partition coefficient (Wildman–Crippen LogP) is 2.22. The van der Waals surface area contributed by atoms with Gasteiger partial charge in [-0.15, -0.1) is 0 Å². The molecule has 4 heteroatoms. The van der Waals surface area contributed by atoms with E-state index in [0.717, 1.165) is 32.1 Å². The molecule has 0 aromatic carbocycles. The second kappa shape index (κ2) is 5.87. The Labute approximate surface area is 96.0 Å². The van der Waals surface area contributed by atoms with Crippen LogP contribution in [0.25, 0.3) is 0 Å². The van der Waals surface area contributed by atoms with E-state index in [1.165, 1.54) is 0 Å². The van der Waals surface area contributed by atoms with Crippen LogP contribution in [0.2, 0.25) is 0 Å². The Balaban J connectivity index is 2.65. The molecule has 92 valence electrons. The normalized spacial score (nSPS) is 19.4. The van der Waals surface area contributed by atoms with E-state index in [1.807, 2.05) is 0 Å². The number of carboxylic acid groups (broad SMARTS) is 1. The van der Waals surface area contributed by atoms with E-state index in [4.69, 9.17) is 9.84 Å². The summed E-state index contributed by atoms with van der Waals surface area (Å²) in [5.74, 6) is -2.63. The fourth-order valence-corrected chi connectivity index (χ4v) is 2.27. The van der Waals surface area contributed by atoms with Gasteiger partial charge >= 0.3 is 11.9 Å². The molecule has 0 aromatic heterocycles. The molecule has 1 fully saturated rings. The smallest absolute Gasteiger partial charge is 0.320 e. The molecular formula is C12H20O4. The minimum atomic E-state index is -1.04. The van der Waals surface area contributed by atoms with E-state index in [-0.39, 0.29) is 12.0 Å². The average Bonchev–Trinajstić information content (AvgIpc) is 2.17. The number of ether oxygens (including phenoxy) is 1. The third kappa shape index (κ3) is 3.51. The van der Waals surface area contributed by atoms with E-state index in [1.54, 1.807) is 13.8 Å². The van der Waals surface area contributed by atoms with Gasteiger partial charge in [0.2, 0.25) is 0 Å². The van der Waals surface area contributed by atoms with Gasteiger partial charge in [-0.05, 0) is 32.6 Å². The number of carboxylic acids is 1. The third-order valence-corrected chi connectivity index (χ3v) is 2.99. The first-order valence-electron chi connectivity index (χ1n) is 5.95. The third-order valence-electron chi connectivity index (χ3n) is 2.99. The van der Waals surface area contributed by atoms with Crippen LogP contribution in [0.4, 0.5) is 0 Å². The molecule has 1 unspecified atom stereocenters. The van der Waals surface area contributed by atoms with Crippen molar-refractivity contribution in [2.75, 3.05) is 0 Å². The standard InChI is InChI=1S/C12H20O4/c1-8(2)16-12(15)10(11(13)14)9-6-4-3-5-7-9/h8-10H,3-7H2,1-2H3,(H,13,14). The molecule has 1 aliphatic rings. The van der Waals surface area contributed by atoms with Gasteiger partial charge in [-0.25, -0.2) is 0 Å². The van der Waals surface area contributed by atoms with Crippen LogP contribution in [-0.4, -0.2) is 23.1 Å². The lowest BCUT2D eigenvalue weighted by Gasteiger charge is -2.26. The van der Waals surface area contributed by atoms with Crippen LogP contribution in [0.15, 0.2) is 0 Å². The predicted molar refractivity (Wildman–Crippen MR) is 58.9 cm³/mol. The molecule has 1 N–H and O–H groups in total. The molecule has 0 amide bonds. The Morgan fingerprint density at radius 1 is 1.19 bits per heavy atom. The van der Waals surface area contributed by atoms with Crippen molar-refractivity contribution in [2.45, 2.75) is 52.1 Å². The maximum atomic E-state index is 11.7. The van der Waals surface area contributed by atoms with Crippen molar-refractivity contribution >= 4 is 11.9 Å². The molecule has 0 radical (unpaired) electrons. The molecule has 0 aliphatic heterocycles. The summed E-state index contributed by atoms with van der Waals surface area (Å²) in [6, 6.07) is 0. The van der Waals surface area contributed by atoms with Gasteiger partial charge in [0, 0.05) is 0 Å². The van der Waals surface area contributed by atoms with Crippen LogP contribution in [-0.2, 0) is 14.3 Å². The molecule has 16 heavy (non-hydrogen) atoms. The lowest BCUT2D eigenvalue weighted by atomic mass is 9.80. The molecule has 0 spiro atoms.